The Kier molecular flexibility index (Phi) is 5.78. The first-order valence-corrected chi connectivity index (χ1v) is 7.65. The maximum atomic E-state index is 12.1. The molecular formula is C17H17N3O5. The summed E-state index contributed by atoms with van der Waals surface area (Å²) in [5, 5.41) is 24.2. The van der Waals surface area contributed by atoms with Gasteiger partial charge in [0, 0.05) is 18.6 Å². The van der Waals surface area contributed by atoms with Gasteiger partial charge in [-0.05, 0) is 17.9 Å². The monoisotopic (exact) mass is 343 g/mol. The van der Waals surface area contributed by atoms with E-state index in [-0.39, 0.29) is 23.9 Å². The molecule has 8 heteroatoms. The predicted molar refractivity (Wildman–Crippen MR) is 92.5 cm³/mol. The second-order valence-corrected chi connectivity index (χ2v) is 5.65. The number of nitro benzene ring substituents is 2. The van der Waals surface area contributed by atoms with Gasteiger partial charge in [0.1, 0.15) is 0 Å². The van der Waals surface area contributed by atoms with Crippen molar-refractivity contribution in [3.05, 3.63) is 74.3 Å². The number of carbonyl (C=O) groups is 1. The zero-order chi connectivity index (χ0) is 18.4. The third-order valence-electron chi connectivity index (χ3n) is 3.78. The SMILES string of the molecule is C[C@@H](CCC(=O)Nc1cc([N+](=O)[O-])cc([N+](=O)[O-])c1)c1ccccc1. The van der Waals surface area contributed by atoms with Crippen molar-refractivity contribution in [2.45, 2.75) is 25.7 Å². The number of nitrogens with zero attached hydrogens (tertiary/aromatic N) is 2. The molecule has 2 aromatic rings. The van der Waals surface area contributed by atoms with Gasteiger partial charge in [0.25, 0.3) is 11.4 Å². The van der Waals surface area contributed by atoms with Crippen LogP contribution in [0, 0.1) is 20.2 Å². The maximum Gasteiger partial charge on any atom is 0.278 e. The van der Waals surface area contributed by atoms with Crippen molar-refractivity contribution < 1.29 is 14.6 Å². The molecule has 130 valence electrons. The lowest BCUT2D eigenvalue weighted by atomic mass is 9.96. The van der Waals surface area contributed by atoms with Crippen LogP contribution in [0.1, 0.15) is 31.2 Å². The second kappa shape index (κ2) is 8.00. The third-order valence-corrected chi connectivity index (χ3v) is 3.78. The molecule has 0 spiro atoms. The topological polar surface area (TPSA) is 115 Å². The highest BCUT2D eigenvalue weighted by atomic mass is 16.6. The van der Waals surface area contributed by atoms with Crippen molar-refractivity contribution in [1.29, 1.82) is 0 Å². The molecule has 0 aliphatic rings. The van der Waals surface area contributed by atoms with Gasteiger partial charge in [-0.2, -0.15) is 0 Å². The largest absolute Gasteiger partial charge is 0.326 e. The van der Waals surface area contributed by atoms with Gasteiger partial charge >= 0.3 is 0 Å². The number of hydrogen-bond acceptors (Lipinski definition) is 5. The Morgan fingerprint density at radius 1 is 1.04 bits per heavy atom. The van der Waals surface area contributed by atoms with Gasteiger partial charge in [0.15, 0.2) is 0 Å². The van der Waals surface area contributed by atoms with E-state index in [0.717, 1.165) is 23.8 Å². The van der Waals surface area contributed by atoms with Gasteiger partial charge in [-0.15, -0.1) is 0 Å². The van der Waals surface area contributed by atoms with E-state index < -0.39 is 21.2 Å². The molecule has 0 aliphatic heterocycles. The van der Waals surface area contributed by atoms with Crippen LogP contribution < -0.4 is 5.32 Å². The van der Waals surface area contributed by atoms with Crippen molar-refractivity contribution >= 4 is 23.0 Å². The number of carbonyl (C=O) groups excluding carboxylic acids is 1. The van der Waals surface area contributed by atoms with E-state index in [1.807, 2.05) is 37.3 Å². The van der Waals surface area contributed by atoms with Gasteiger partial charge in [-0.1, -0.05) is 37.3 Å². The molecule has 25 heavy (non-hydrogen) atoms. The number of amides is 1. The Morgan fingerprint density at radius 3 is 2.12 bits per heavy atom. The summed E-state index contributed by atoms with van der Waals surface area (Å²) in [6, 6.07) is 12.8. The summed E-state index contributed by atoms with van der Waals surface area (Å²) in [7, 11) is 0. The highest BCUT2D eigenvalue weighted by molar-refractivity contribution is 5.91. The molecule has 2 rings (SSSR count). The van der Waals surface area contributed by atoms with E-state index >= 15 is 0 Å². The van der Waals surface area contributed by atoms with Crippen LogP contribution >= 0.6 is 0 Å². The number of anilines is 1. The molecule has 0 heterocycles. The molecule has 0 unspecified atom stereocenters. The summed E-state index contributed by atoms with van der Waals surface area (Å²) in [5.74, 6) is -0.177. The average Bonchev–Trinajstić information content (AvgIpc) is 2.60. The number of non-ortho nitro benzene ring substituents is 2. The highest BCUT2D eigenvalue weighted by Crippen LogP contribution is 2.26. The summed E-state index contributed by atoms with van der Waals surface area (Å²) in [4.78, 5) is 32.3. The van der Waals surface area contributed by atoms with E-state index in [9.17, 15) is 25.0 Å². The number of benzene rings is 2. The lowest BCUT2D eigenvalue weighted by molar-refractivity contribution is -0.394. The zero-order valence-corrected chi connectivity index (χ0v) is 13.5. The van der Waals surface area contributed by atoms with E-state index in [2.05, 4.69) is 5.32 Å². The molecule has 0 fully saturated rings. The first kappa shape index (κ1) is 18.1. The minimum Gasteiger partial charge on any atom is -0.326 e. The molecule has 8 nitrogen and oxygen atoms in total. The van der Waals surface area contributed by atoms with Crippen LogP contribution in [-0.2, 0) is 4.79 Å². The fourth-order valence-corrected chi connectivity index (χ4v) is 2.40. The Bertz CT molecular complexity index is 760. The normalized spacial score (nSPS) is 11.6. The molecule has 1 N–H and O–H groups in total. The Hall–Kier alpha value is -3.29. The molecule has 1 atom stereocenters. The quantitative estimate of drug-likeness (QED) is 0.602. The third kappa shape index (κ3) is 5.10. The smallest absolute Gasteiger partial charge is 0.278 e. The Morgan fingerprint density at radius 2 is 1.60 bits per heavy atom. The van der Waals surface area contributed by atoms with E-state index in [1.165, 1.54) is 0 Å². The van der Waals surface area contributed by atoms with Gasteiger partial charge in [-0.3, -0.25) is 25.0 Å². The molecule has 0 aliphatic carbocycles. The van der Waals surface area contributed by atoms with E-state index in [0.29, 0.717) is 6.42 Å². The number of nitro groups is 2. The van der Waals surface area contributed by atoms with Crippen molar-refractivity contribution in [3.63, 3.8) is 0 Å². The van der Waals surface area contributed by atoms with Gasteiger partial charge < -0.3 is 5.32 Å². The molecular weight excluding hydrogens is 326 g/mol. The minimum absolute atomic E-state index is 0.0401. The van der Waals surface area contributed by atoms with E-state index in [4.69, 9.17) is 0 Å². The van der Waals surface area contributed by atoms with Crippen LogP contribution in [0.15, 0.2) is 48.5 Å². The first-order valence-electron chi connectivity index (χ1n) is 7.65. The molecule has 0 aromatic heterocycles. The highest BCUT2D eigenvalue weighted by Gasteiger charge is 2.17. The second-order valence-electron chi connectivity index (χ2n) is 5.65. The number of hydrogen-bond donors (Lipinski definition) is 1. The number of rotatable bonds is 7. The first-order chi connectivity index (χ1) is 11.9. The van der Waals surface area contributed by atoms with Crippen LogP contribution in [-0.4, -0.2) is 15.8 Å². The van der Waals surface area contributed by atoms with Gasteiger partial charge in [-0.25, -0.2) is 0 Å². The van der Waals surface area contributed by atoms with Gasteiger partial charge in [0.2, 0.25) is 5.91 Å². The average molecular weight is 343 g/mol. The molecule has 0 radical (unpaired) electrons. The standard InChI is InChI=1S/C17H17N3O5/c1-12(13-5-3-2-4-6-13)7-8-17(21)18-14-9-15(19(22)23)11-16(10-14)20(24)25/h2-6,9-12H,7-8H2,1H3,(H,18,21)/t12-/m0/s1. The number of nitrogens with one attached hydrogen (secondary N) is 1. The predicted octanol–water partition coefficient (Wildman–Crippen LogP) is 4.03. The summed E-state index contributed by atoms with van der Waals surface area (Å²) < 4.78 is 0. The summed E-state index contributed by atoms with van der Waals surface area (Å²) in [6.07, 6.45) is 0.791. The lowest BCUT2D eigenvalue weighted by Gasteiger charge is -2.11. The van der Waals surface area contributed by atoms with Crippen molar-refractivity contribution in [2.24, 2.45) is 0 Å². The van der Waals surface area contributed by atoms with Crippen molar-refractivity contribution in [2.75, 3.05) is 5.32 Å². The minimum atomic E-state index is -0.736. The molecule has 0 bridgehead atoms. The van der Waals surface area contributed by atoms with Crippen LogP contribution in [0.5, 0.6) is 0 Å². The summed E-state index contributed by atoms with van der Waals surface area (Å²) in [5.41, 5.74) is 0.267. The van der Waals surface area contributed by atoms with Crippen molar-refractivity contribution in [1.82, 2.24) is 0 Å². The van der Waals surface area contributed by atoms with Gasteiger partial charge in [0.05, 0.1) is 21.6 Å². The Balaban J connectivity index is 2.02. The van der Waals surface area contributed by atoms with Crippen molar-refractivity contribution in [3.8, 4) is 0 Å². The Labute approximate surface area is 143 Å². The van der Waals surface area contributed by atoms with Crippen LogP contribution in [0.25, 0.3) is 0 Å². The van der Waals surface area contributed by atoms with Crippen LogP contribution in [0.3, 0.4) is 0 Å². The fourth-order valence-electron chi connectivity index (χ4n) is 2.40. The summed E-state index contributed by atoms with van der Waals surface area (Å²) >= 11 is 0. The fraction of sp³-hybridized carbons (Fsp3) is 0.235. The maximum absolute atomic E-state index is 12.1. The van der Waals surface area contributed by atoms with E-state index in [1.54, 1.807) is 0 Å². The molecule has 0 saturated heterocycles. The lowest BCUT2D eigenvalue weighted by Crippen LogP contribution is -2.12. The zero-order valence-electron chi connectivity index (χ0n) is 13.5. The molecule has 1 amide bonds. The van der Waals surface area contributed by atoms with Crippen LogP contribution in [0.2, 0.25) is 0 Å². The molecule has 2 aromatic carbocycles. The van der Waals surface area contributed by atoms with Crippen LogP contribution in [0.4, 0.5) is 17.1 Å². The molecule has 0 saturated carbocycles. The summed E-state index contributed by atoms with van der Waals surface area (Å²) in [6.45, 7) is 2.00.